The van der Waals surface area contributed by atoms with Crippen molar-refractivity contribution in [1.82, 2.24) is 0 Å². The fourth-order valence-corrected chi connectivity index (χ4v) is 12.1. The quantitative estimate of drug-likeness (QED) is 0.126. The zero-order chi connectivity index (χ0) is 27.1. The van der Waals surface area contributed by atoms with E-state index in [0.29, 0.717) is 0 Å². The monoisotopic (exact) mass is 558 g/mol. The van der Waals surface area contributed by atoms with Crippen molar-refractivity contribution in [2.24, 2.45) is 0 Å². The normalized spacial score (nSPS) is 14.4. The van der Waals surface area contributed by atoms with Crippen molar-refractivity contribution in [3.05, 3.63) is 27.1 Å². The Balaban J connectivity index is 1.87. The average molecular weight is 559 g/mol. The number of aryl methyl sites for hydroxylation is 1. The van der Waals surface area contributed by atoms with Gasteiger partial charge in [-0.15, -0.1) is 22.7 Å². The largest absolute Gasteiger partial charge is 0.143 e. The summed E-state index contributed by atoms with van der Waals surface area (Å²) in [5.74, 6) is 0. The van der Waals surface area contributed by atoms with Crippen molar-refractivity contribution in [2.45, 2.75) is 169 Å². The maximum Gasteiger partial charge on any atom is 0.0908 e. The molecule has 0 saturated heterocycles. The molecule has 1 aliphatic rings. The summed E-state index contributed by atoms with van der Waals surface area (Å²) >= 11 is 4.36. The lowest BCUT2D eigenvalue weighted by Gasteiger charge is -2.34. The summed E-state index contributed by atoms with van der Waals surface area (Å²) in [5.41, 5.74) is 7.36. The Morgan fingerprint density at radius 2 is 1.08 bits per heavy atom. The lowest BCUT2D eigenvalue weighted by Crippen LogP contribution is -2.39. The van der Waals surface area contributed by atoms with E-state index in [1.807, 2.05) is 15.6 Å². The Morgan fingerprint density at radius 1 is 0.595 bits per heavy atom. The van der Waals surface area contributed by atoms with E-state index >= 15 is 0 Å². The molecular weight excluding hydrogens is 501 g/mol. The van der Waals surface area contributed by atoms with Crippen LogP contribution in [0.15, 0.2) is 0 Å². The molecule has 0 radical (unpaired) electrons. The minimum Gasteiger partial charge on any atom is -0.143 e. The van der Waals surface area contributed by atoms with Crippen molar-refractivity contribution in [2.75, 3.05) is 0 Å². The van der Waals surface area contributed by atoms with Crippen LogP contribution >= 0.6 is 22.7 Å². The highest BCUT2D eigenvalue weighted by atomic mass is 32.1. The van der Waals surface area contributed by atoms with Crippen LogP contribution < -0.4 is 4.50 Å². The molecule has 0 aromatic carbocycles. The van der Waals surface area contributed by atoms with E-state index in [0.717, 1.165) is 0 Å². The summed E-state index contributed by atoms with van der Waals surface area (Å²) in [7, 11) is -1.40. The van der Waals surface area contributed by atoms with Gasteiger partial charge in [-0.2, -0.15) is 0 Å². The van der Waals surface area contributed by atoms with Crippen LogP contribution in [0.2, 0.25) is 19.6 Å². The van der Waals surface area contributed by atoms with Crippen molar-refractivity contribution >= 4 is 35.2 Å². The van der Waals surface area contributed by atoms with Gasteiger partial charge in [0.25, 0.3) is 0 Å². The van der Waals surface area contributed by atoms with Gasteiger partial charge in [0, 0.05) is 20.0 Å². The van der Waals surface area contributed by atoms with Crippen molar-refractivity contribution in [3.63, 3.8) is 0 Å². The van der Waals surface area contributed by atoms with Crippen molar-refractivity contribution < 1.29 is 0 Å². The van der Waals surface area contributed by atoms with Gasteiger partial charge in [0.1, 0.15) is 0 Å². The van der Waals surface area contributed by atoms with Gasteiger partial charge in [-0.3, -0.25) is 0 Å². The first-order valence-electron chi connectivity index (χ1n) is 16.0. The minimum absolute atomic E-state index is 0.285. The molecule has 0 amide bonds. The Kier molecular flexibility index (Phi) is 12.0. The van der Waals surface area contributed by atoms with Crippen LogP contribution in [0.3, 0.4) is 0 Å². The lowest BCUT2D eigenvalue weighted by atomic mass is 9.69. The molecule has 2 heterocycles. The smallest absolute Gasteiger partial charge is 0.0908 e. The van der Waals surface area contributed by atoms with Crippen LogP contribution in [-0.2, 0) is 11.8 Å². The van der Waals surface area contributed by atoms with Gasteiger partial charge in [-0.1, -0.05) is 124 Å². The molecule has 0 saturated carbocycles. The second-order valence-corrected chi connectivity index (χ2v) is 20.7. The van der Waals surface area contributed by atoms with Gasteiger partial charge < -0.3 is 0 Å². The second kappa shape index (κ2) is 14.3. The van der Waals surface area contributed by atoms with Crippen LogP contribution in [0.4, 0.5) is 0 Å². The molecule has 37 heavy (non-hydrogen) atoms. The molecule has 0 aliphatic heterocycles. The molecule has 0 nitrogen and oxygen atoms in total. The lowest BCUT2D eigenvalue weighted by molar-refractivity contribution is 0.411. The van der Waals surface area contributed by atoms with Crippen LogP contribution in [0.5, 0.6) is 0 Å². The van der Waals surface area contributed by atoms with Crippen molar-refractivity contribution in [3.8, 4) is 9.75 Å². The molecule has 0 spiro atoms. The zero-order valence-corrected chi connectivity index (χ0v) is 28.5. The van der Waals surface area contributed by atoms with E-state index in [4.69, 9.17) is 0 Å². The number of hydrogen-bond acceptors (Lipinski definition) is 2. The number of fused-ring (bicyclic) bond motifs is 3. The predicted octanol–water partition coefficient (Wildman–Crippen LogP) is 12.1. The average Bonchev–Trinajstić information content (AvgIpc) is 3.47. The Labute approximate surface area is 240 Å². The molecule has 0 fully saturated rings. The highest BCUT2D eigenvalue weighted by Crippen LogP contribution is 2.61. The third kappa shape index (κ3) is 7.04. The second-order valence-electron chi connectivity index (χ2n) is 13.1. The molecule has 0 bridgehead atoms. The van der Waals surface area contributed by atoms with Crippen molar-refractivity contribution in [1.29, 1.82) is 0 Å². The highest BCUT2D eigenvalue weighted by molar-refractivity contribution is 7.31. The standard InChI is InChI=1S/C34H58S2Si/c1-9-12-15-16-17-18-19-20-21-22-23-28-30-32(36-33(28)37(6,7)8)31-29(26(4)27(5)35-31)34(30,24-13-10-2)25-14-11-3/h9-25H2,1-8H3. The van der Waals surface area contributed by atoms with E-state index in [1.54, 1.807) is 25.8 Å². The summed E-state index contributed by atoms with van der Waals surface area (Å²) in [5, 5.41) is 0. The van der Waals surface area contributed by atoms with E-state index in [1.165, 1.54) is 109 Å². The van der Waals surface area contributed by atoms with E-state index in [9.17, 15) is 0 Å². The highest BCUT2D eigenvalue weighted by Gasteiger charge is 2.49. The molecule has 210 valence electrons. The summed E-state index contributed by atoms with van der Waals surface area (Å²) in [6.45, 7) is 19.7. The fraction of sp³-hybridized carbons (Fsp3) is 0.765. The first-order valence-corrected chi connectivity index (χ1v) is 21.1. The van der Waals surface area contributed by atoms with Crippen LogP contribution in [0.1, 0.15) is 151 Å². The molecular formula is C34H58S2Si. The van der Waals surface area contributed by atoms with Crippen LogP contribution in [0.25, 0.3) is 9.75 Å². The molecule has 0 N–H and O–H groups in total. The molecule has 0 atom stereocenters. The number of thiophene rings is 2. The van der Waals surface area contributed by atoms with Gasteiger partial charge in [0.05, 0.1) is 8.07 Å². The predicted molar refractivity (Wildman–Crippen MR) is 175 cm³/mol. The summed E-state index contributed by atoms with van der Waals surface area (Å²) in [4.78, 5) is 4.95. The zero-order valence-electron chi connectivity index (χ0n) is 25.8. The van der Waals surface area contributed by atoms with Gasteiger partial charge in [0.2, 0.25) is 0 Å². The maximum atomic E-state index is 2.60. The summed E-state index contributed by atoms with van der Waals surface area (Å²) in [6, 6.07) is 0. The third-order valence-electron chi connectivity index (χ3n) is 8.93. The van der Waals surface area contributed by atoms with Crippen LogP contribution in [-0.4, -0.2) is 8.07 Å². The first-order chi connectivity index (χ1) is 17.7. The SMILES string of the molecule is CCCCCCCCCCCCc1c([Si](C)(C)C)sc2c1C(CCCC)(CCCC)c1c-2sc(C)c1C. The topological polar surface area (TPSA) is 0 Å². The molecule has 3 rings (SSSR count). The van der Waals surface area contributed by atoms with E-state index in [-0.39, 0.29) is 5.41 Å². The molecule has 0 unspecified atom stereocenters. The number of unbranched alkanes of at least 4 members (excludes halogenated alkanes) is 11. The Bertz CT molecular complexity index is 963. The van der Waals surface area contributed by atoms with Gasteiger partial charge in [-0.25, -0.2) is 0 Å². The molecule has 1 aliphatic carbocycles. The number of hydrogen-bond donors (Lipinski definition) is 0. The number of rotatable bonds is 18. The maximum absolute atomic E-state index is 2.60. The fourth-order valence-electron chi connectivity index (χ4n) is 6.84. The third-order valence-corrected chi connectivity index (χ3v) is 15.2. The Hall–Kier alpha value is -0.383. The Morgan fingerprint density at radius 3 is 1.59 bits per heavy atom. The first kappa shape index (κ1) is 31.1. The molecule has 2 aromatic rings. The minimum atomic E-state index is -1.40. The molecule has 2 aromatic heterocycles. The van der Waals surface area contributed by atoms with Gasteiger partial charge in [0.15, 0.2) is 0 Å². The summed E-state index contributed by atoms with van der Waals surface area (Å²) in [6.07, 6.45) is 23.6. The van der Waals surface area contributed by atoms with Gasteiger partial charge >= 0.3 is 0 Å². The van der Waals surface area contributed by atoms with E-state index in [2.05, 4.69) is 76.9 Å². The summed E-state index contributed by atoms with van der Waals surface area (Å²) < 4.78 is 1.83. The van der Waals surface area contributed by atoms with Gasteiger partial charge in [-0.05, 0) is 66.3 Å². The van der Waals surface area contributed by atoms with Crippen LogP contribution in [0, 0.1) is 13.8 Å². The van der Waals surface area contributed by atoms with E-state index < -0.39 is 8.07 Å². The molecule has 3 heteroatoms.